The van der Waals surface area contributed by atoms with Crippen LogP contribution in [-0.4, -0.2) is 70.3 Å². The molecule has 20 heavy (non-hydrogen) atoms. The Kier molecular flexibility index (Phi) is 16.6. The Morgan fingerprint density at radius 3 is 1.70 bits per heavy atom. The molecule has 0 spiro atoms. The monoisotopic (exact) mass is 288 g/mol. The van der Waals surface area contributed by atoms with Crippen LogP contribution in [0.3, 0.4) is 0 Å². The van der Waals surface area contributed by atoms with Gasteiger partial charge in [0, 0.05) is 39.3 Å². The summed E-state index contributed by atoms with van der Waals surface area (Å²) in [7, 11) is 0. The lowest BCUT2D eigenvalue weighted by Crippen LogP contribution is -2.40. The average molecular weight is 288 g/mol. The molecule has 122 valence electrons. The molecule has 0 saturated heterocycles. The zero-order chi connectivity index (χ0) is 14.9. The first-order valence-electron chi connectivity index (χ1n) is 8.09. The third-order valence-electron chi connectivity index (χ3n) is 3.27. The van der Waals surface area contributed by atoms with E-state index in [1.165, 1.54) is 12.8 Å². The van der Waals surface area contributed by atoms with E-state index in [0.717, 1.165) is 78.3 Å². The molecule has 0 fully saturated rings. The number of hydrogen-bond donors (Lipinski definition) is 5. The summed E-state index contributed by atoms with van der Waals surface area (Å²) >= 11 is 0. The van der Waals surface area contributed by atoms with Crippen molar-refractivity contribution < 1.29 is 0 Å². The van der Waals surface area contributed by atoms with Crippen LogP contribution in [-0.2, 0) is 0 Å². The topological polar surface area (TPSA) is 105 Å². The summed E-state index contributed by atoms with van der Waals surface area (Å²) in [6.07, 6.45) is 4.62. The number of nitrogens with zero attached hydrogens (tertiary/aromatic N) is 1. The van der Waals surface area contributed by atoms with Gasteiger partial charge in [-0.3, -0.25) is 4.90 Å². The van der Waals surface area contributed by atoms with E-state index in [-0.39, 0.29) is 0 Å². The van der Waals surface area contributed by atoms with Crippen molar-refractivity contribution in [2.24, 2.45) is 17.2 Å². The second kappa shape index (κ2) is 16.8. The zero-order valence-electron chi connectivity index (χ0n) is 13.1. The number of nitrogens with one attached hydrogen (secondary N) is 2. The van der Waals surface area contributed by atoms with Crippen molar-refractivity contribution in [3.05, 3.63) is 0 Å². The van der Waals surface area contributed by atoms with Gasteiger partial charge < -0.3 is 27.8 Å². The lowest BCUT2D eigenvalue weighted by atomic mass is 10.2. The number of hydrogen-bond acceptors (Lipinski definition) is 6. The van der Waals surface area contributed by atoms with Gasteiger partial charge in [0.25, 0.3) is 0 Å². The molecule has 0 aliphatic rings. The van der Waals surface area contributed by atoms with Crippen molar-refractivity contribution in [1.82, 2.24) is 15.5 Å². The van der Waals surface area contributed by atoms with Crippen LogP contribution in [0.1, 0.15) is 25.7 Å². The molecule has 0 aliphatic heterocycles. The van der Waals surface area contributed by atoms with Crippen molar-refractivity contribution in [3.8, 4) is 0 Å². The molecule has 0 heterocycles. The van der Waals surface area contributed by atoms with Gasteiger partial charge in [-0.25, -0.2) is 0 Å². The van der Waals surface area contributed by atoms with Crippen molar-refractivity contribution in [2.75, 3.05) is 65.4 Å². The maximum Gasteiger partial charge on any atom is 0.0108 e. The van der Waals surface area contributed by atoms with E-state index in [2.05, 4.69) is 15.5 Å². The number of rotatable bonds is 16. The Labute approximate surface area is 124 Å². The van der Waals surface area contributed by atoms with Crippen LogP contribution in [0.4, 0.5) is 0 Å². The van der Waals surface area contributed by atoms with E-state index in [1.54, 1.807) is 0 Å². The molecule has 0 amide bonds. The quantitative estimate of drug-likeness (QED) is 0.231. The third kappa shape index (κ3) is 14.2. The summed E-state index contributed by atoms with van der Waals surface area (Å²) in [5.41, 5.74) is 16.6. The lowest BCUT2D eigenvalue weighted by molar-refractivity contribution is 0.279. The molecule has 6 nitrogen and oxygen atoms in total. The summed E-state index contributed by atoms with van der Waals surface area (Å²) in [5.74, 6) is 0. The first-order chi connectivity index (χ1) is 9.85. The average Bonchev–Trinajstić information content (AvgIpc) is 2.46. The molecule has 6 heteroatoms. The molecular formula is C14H36N6. The van der Waals surface area contributed by atoms with Gasteiger partial charge in [-0.05, 0) is 45.4 Å². The van der Waals surface area contributed by atoms with Gasteiger partial charge in [-0.15, -0.1) is 0 Å². The molecule has 0 atom stereocenters. The molecule has 0 saturated carbocycles. The fourth-order valence-electron chi connectivity index (χ4n) is 2.04. The maximum atomic E-state index is 5.66. The molecule has 8 N–H and O–H groups in total. The highest BCUT2D eigenvalue weighted by atomic mass is 15.2. The summed E-state index contributed by atoms with van der Waals surface area (Å²) in [5, 5.41) is 6.89. The van der Waals surface area contributed by atoms with Gasteiger partial charge in [0.05, 0.1) is 0 Å². The Morgan fingerprint density at radius 1 is 0.550 bits per heavy atom. The van der Waals surface area contributed by atoms with Crippen molar-refractivity contribution in [2.45, 2.75) is 25.7 Å². The van der Waals surface area contributed by atoms with E-state index in [9.17, 15) is 0 Å². The fraction of sp³-hybridized carbons (Fsp3) is 1.00. The lowest BCUT2D eigenvalue weighted by Gasteiger charge is -2.22. The molecule has 0 unspecified atom stereocenters. The molecule has 0 bridgehead atoms. The molecule has 0 aromatic carbocycles. The summed E-state index contributed by atoms with van der Waals surface area (Å²) < 4.78 is 0. The van der Waals surface area contributed by atoms with Crippen LogP contribution in [0.2, 0.25) is 0 Å². The van der Waals surface area contributed by atoms with E-state index >= 15 is 0 Å². The Morgan fingerprint density at radius 2 is 1.15 bits per heavy atom. The van der Waals surface area contributed by atoms with Crippen LogP contribution in [0.5, 0.6) is 0 Å². The van der Waals surface area contributed by atoms with Gasteiger partial charge >= 0.3 is 0 Å². The van der Waals surface area contributed by atoms with Gasteiger partial charge in [0.1, 0.15) is 0 Å². The normalized spacial score (nSPS) is 11.4. The standard InChI is InChI=1S/C14H36N6/c15-5-2-1-3-8-18-10-13-20(12-7-17)14-11-19-9-4-6-16/h18-19H,1-17H2. The van der Waals surface area contributed by atoms with E-state index in [4.69, 9.17) is 17.2 Å². The predicted octanol–water partition coefficient (Wildman–Crippen LogP) is -1.10. The van der Waals surface area contributed by atoms with E-state index < -0.39 is 0 Å². The SMILES string of the molecule is NCCCCCNCCN(CCN)CCNCCCN. The Bertz CT molecular complexity index is 179. The predicted molar refractivity (Wildman–Crippen MR) is 87.8 cm³/mol. The second-order valence-electron chi connectivity index (χ2n) is 5.12. The van der Waals surface area contributed by atoms with E-state index in [0.29, 0.717) is 0 Å². The van der Waals surface area contributed by atoms with E-state index in [1.807, 2.05) is 0 Å². The van der Waals surface area contributed by atoms with Crippen LogP contribution < -0.4 is 27.8 Å². The van der Waals surface area contributed by atoms with Gasteiger partial charge in [0.2, 0.25) is 0 Å². The first kappa shape index (κ1) is 19.8. The fourth-order valence-corrected chi connectivity index (χ4v) is 2.04. The van der Waals surface area contributed by atoms with Gasteiger partial charge in [-0.2, -0.15) is 0 Å². The smallest absolute Gasteiger partial charge is 0.0108 e. The van der Waals surface area contributed by atoms with Crippen LogP contribution in [0, 0.1) is 0 Å². The van der Waals surface area contributed by atoms with Crippen LogP contribution in [0.25, 0.3) is 0 Å². The summed E-state index contributed by atoms with van der Waals surface area (Å²) in [6, 6.07) is 0. The highest BCUT2D eigenvalue weighted by molar-refractivity contribution is 4.63. The summed E-state index contributed by atoms with van der Waals surface area (Å²) in [4.78, 5) is 2.41. The van der Waals surface area contributed by atoms with Crippen molar-refractivity contribution >= 4 is 0 Å². The minimum atomic E-state index is 0.722. The minimum absolute atomic E-state index is 0.722. The van der Waals surface area contributed by atoms with Gasteiger partial charge in [-0.1, -0.05) is 6.42 Å². The van der Waals surface area contributed by atoms with Crippen LogP contribution in [0.15, 0.2) is 0 Å². The van der Waals surface area contributed by atoms with Crippen molar-refractivity contribution in [3.63, 3.8) is 0 Å². The number of unbranched alkanes of at least 4 members (excludes halogenated alkanes) is 2. The first-order valence-corrected chi connectivity index (χ1v) is 8.09. The maximum absolute atomic E-state index is 5.66. The molecule has 0 aliphatic carbocycles. The Hall–Kier alpha value is -0.240. The molecular weight excluding hydrogens is 252 g/mol. The largest absolute Gasteiger partial charge is 0.330 e. The molecule has 0 radical (unpaired) electrons. The van der Waals surface area contributed by atoms with Crippen LogP contribution >= 0.6 is 0 Å². The highest BCUT2D eigenvalue weighted by Crippen LogP contribution is 1.91. The zero-order valence-corrected chi connectivity index (χ0v) is 13.1. The summed E-state index contributed by atoms with van der Waals surface area (Å²) in [6.45, 7) is 9.50. The van der Waals surface area contributed by atoms with Crippen molar-refractivity contribution in [1.29, 1.82) is 0 Å². The van der Waals surface area contributed by atoms with Gasteiger partial charge in [0.15, 0.2) is 0 Å². The highest BCUT2D eigenvalue weighted by Gasteiger charge is 2.02. The molecule has 0 aromatic rings. The third-order valence-corrected chi connectivity index (χ3v) is 3.27. The minimum Gasteiger partial charge on any atom is -0.330 e. The Balaban J connectivity index is 3.44. The molecule has 0 rings (SSSR count). The molecule has 0 aromatic heterocycles. The second-order valence-corrected chi connectivity index (χ2v) is 5.12. The number of nitrogens with two attached hydrogens (primary N) is 3.